The fraction of sp³-hybridized carbons (Fsp3) is 0.300. The highest BCUT2D eigenvalue weighted by molar-refractivity contribution is 6.35. The first kappa shape index (κ1) is 16.7. The number of imide groups is 1. The molecule has 2 aliphatic rings. The van der Waals surface area contributed by atoms with Gasteiger partial charge in [0.15, 0.2) is 0 Å². The summed E-state index contributed by atoms with van der Waals surface area (Å²) in [5, 5.41) is 13.0. The van der Waals surface area contributed by atoms with Crippen molar-refractivity contribution >= 4 is 23.2 Å². The minimum atomic E-state index is -0.513. The van der Waals surface area contributed by atoms with E-state index < -0.39 is 17.6 Å². The lowest BCUT2D eigenvalue weighted by molar-refractivity contribution is 0.0926. The zero-order valence-corrected chi connectivity index (χ0v) is 14.1. The van der Waals surface area contributed by atoms with Crippen LogP contribution in [-0.2, 0) is 0 Å². The van der Waals surface area contributed by atoms with Gasteiger partial charge < -0.3 is 10.4 Å². The van der Waals surface area contributed by atoms with Gasteiger partial charge in [0.1, 0.15) is 5.82 Å². The van der Waals surface area contributed by atoms with Gasteiger partial charge in [0, 0.05) is 12.1 Å². The molecule has 1 aliphatic carbocycles. The average molecular weight is 354 g/mol. The number of anilines is 2. The number of halogens is 1. The second kappa shape index (κ2) is 6.53. The average Bonchev–Trinajstić information content (AvgIpc) is 2.90. The van der Waals surface area contributed by atoms with Gasteiger partial charge in [0.2, 0.25) is 0 Å². The second-order valence-electron chi connectivity index (χ2n) is 6.80. The Labute approximate surface area is 150 Å². The predicted octanol–water partition coefficient (Wildman–Crippen LogP) is 3.34. The van der Waals surface area contributed by atoms with Gasteiger partial charge in [0.05, 0.1) is 28.6 Å². The molecule has 2 N–H and O–H groups in total. The summed E-state index contributed by atoms with van der Waals surface area (Å²) in [7, 11) is 0. The van der Waals surface area contributed by atoms with Gasteiger partial charge in [0.25, 0.3) is 11.8 Å². The Morgan fingerprint density at radius 2 is 1.58 bits per heavy atom. The number of nitrogens with one attached hydrogen (secondary N) is 1. The fourth-order valence-electron chi connectivity index (χ4n) is 3.66. The molecular formula is C20H19FN2O3. The Morgan fingerprint density at radius 3 is 2.19 bits per heavy atom. The highest BCUT2D eigenvalue weighted by Gasteiger charge is 2.37. The lowest BCUT2D eigenvalue weighted by atomic mass is 9.93. The SMILES string of the molecule is O=C1c2ccccc2C(=O)N1c1cc(F)ccc1NC1CCC(O)CC1. The molecule has 2 aromatic carbocycles. The molecule has 2 aromatic rings. The van der Waals surface area contributed by atoms with E-state index in [4.69, 9.17) is 0 Å². The molecule has 0 aromatic heterocycles. The quantitative estimate of drug-likeness (QED) is 0.830. The zero-order chi connectivity index (χ0) is 18.3. The first-order chi connectivity index (χ1) is 12.5. The van der Waals surface area contributed by atoms with Crippen molar-refractivity contribution in [1.29, 1.82) is 0 Å². The number of aliphatic hydroxyl groups is 1. The molecule has 134 valence electrons. The third-order valence-electron chi connectivity index (χ3n) is 5.05. The Balaban J connectivity index is 1.68. The van der Waals surface area contributed by atoms with Crippen LogP contribution < -0.4 is 10.2 Å². The number of aliphatic hydroxyl groups excluding tert-OH is 1. The van der Waals surface area contributed by atoms with E-state index in [2.05, 4.69) is 5.32 Å². The molecule has 2 amide bonds. The molecule has 5 nitrogen and oxygen atoms in total. The smallest absolute Gasteiger partial charge is 0.266 e. The van der Waals surface area contributed by atoms with Crippen molar-refractivity contribution in [3.8, 4) is 0 Å². The highest BCUT2D eigenvalue weighted by atomic mass is 19.1. The molecule has 1 fully saturated rings. The maximum atomic E-state index is 13.9. The summed E-state index contributed by atoms with van der Waals surface area (Å²) >= 11 is 0. The van der Waals surface area contributed by atoms with E-state index in [-0.39, 0.29) is 17.8 Å². The molecule has 26 heavy (non-hydrogen) atoms. The lowest BCUT2D eigenvalue weighted by Gasteiger charge is -2.29. The second-order valence-corrected chi connectivity index (χ2v) is 6.80. The Bertz CT molecular complexity index is 840. The maximum Gasteiger partial charge on any atom is 0.266 e. The summed E-state index contributed by atoms with van der Waals surface area (Å²) in [4.78, 5) is 26.5. The number of hydrogen-bond donors (Lipinski definition) is 2. The van der Waals surface area contributed by atoms with E-state index in [1.54, 1.807) is 30.3 Å². The first-order valence-corrected chi connectivity index (χ1v) is 8.76. The van der Waals surface area contributed by atoms with Crippen LogP contribution in [0.3, 0.4) is 0 Å². The van der Waals surface area contributed by atoms with Crippen LogP contribution in [0, 0.1) is 5.82 Å². The summed E-state index contributed by atoms with van der Waals surface area (Å²) < 4.78 is 13.9. The van der Waals surface area contributed by atoms with Crippen molar-refractivity contribution < 1.29 is 19.1 Å². The van der Waals surface area contributed by atoms with Gasteiger partial charge in [-0.15, -0.1) is 0 Å². The normalized spacial score (nSPS) is 22.5. The van der Waals surface area contributed by atoms with Crippen LogP contribution in [0.4, 0.5) is 15.8 Å². The largest absolute Gasteiger partial charge is 0.393 e. The molecular weight excluding hydrogens is 335 g/mol. The van der Waals surface area contributed by atoms with Gasteiger partial charge in [-0.05, 0) is 49.9 Å². The van der Waals surface area contributed by atoms with Crippen molar-refractivity contribution in [2.45, 2.75) is 37.8 Å². The minimum absolute atomic E-state index is 0.109. The number of rotatable bonds is 3. The number of carbonyl (C=O) groups excluding carboxylic acids is 2. The third-order valence-corrected chi connectivity index (χ3v) is 5.05. The van der Waals surface area contributed by atoms with Crippen LogP contribution >= 0.6 is 0 Å². The van der Waals surface area contributed by atoms with Gasteiger partial charge in [-0.3, -0.25) is 9.59 Å². The van der Waals surface area contributed by atoms with Gasteiger partial charge in [-0.25, -0.2) is 9.29 Å². The molecule has 0 atom stereocenters. The topological polar surface area (TPSA) is 69.6 Å². The summed E-state index contributed by atoms with van der Waals surface area (Å²) in [6, 6.07) is 10.8. The van der Waals surface area contributed by atoms with E-state index in [1.807, 2.05) is 0 Å². The van der Waals surface area contributed by atoms with Crippen molar-refractivity contribution in [2.24, 2.45) is 0 Å². The molecule has 1 aliphatic heterocycles. The summed E-state index contributed by atoms with van der Waals surface area (Å²) in [5.74, 6) is -1.40. The van der Waals surface area contributed by atoms with E-state index in [1.165, 1.54) is 12.1 Å². The van der Waals surface area contributed by atoms with E-state index >= 15 is 0 Å². The van der Waals surface area contributed by atoms with Crippen LogP contribution in [0.5, 0.6) is 0 Å². The number of fused-ring (bicyclic) bond motifs is 1. The molecule has 6 heteroatoms. The lowest BCUT2D eigenvalue weighted by Crippen LogP contribution is -2.32. The van der Waals surface area contributed by atoms with Crippen LogP contribution in [0.25, 0.3) is 0 Å². The predicted molar refractivity (Wildman–Crippen MR) is 95.9 cm³/mol. The number of carbonyl (C=O) groups is 2. The molecule has 0 radical (unpaired) electrons. The first-order valence-electron chi connectivity index (χ1n) is 8.76. The number of nitrogens with zero attached hydrogens (tertiary/aromatic N) is 1. The van der Waals surface area contributed by atoms with Crippen molar-refractivity contribution in [3.63, 3.8) is 0 Å². The summed E-state index contributed by atoms with van der Waals surface area (Å²) in [5.41, 5.74) is 1.42. The fourth-order valence-corrected chi connectivity index (χ4v) is 3.66. The van der Waals surface area contributed by atoms with Crippen molar-refractivity contribution in [3.05, 3.63) is 59.4 Å². The van der Waals surface area contributed by atoms with Crippen LogP contribution in [0.2, 0.25) is 0 Å². The van der Waals surface area contributed by atoms with E-state index in [9.17, 15) is 19.1 Å². The molecule has 0 spiro atoms. The van der Waals surface area contributed by atoms with Gasteiger partial charge >= 0.3 is 0 Å². The monoisotopic (exact) mass is 354 g/mol. The maximum absolute atomic E-state index is 13.9. The highest BCUT2D eigenvalue weighted by Crippen LogP contribution is 2.35. The molecule has 4 rings (SSSR count). The zero-order valence-electron chi connectivity index (χ0n) is 14.1. The Kier molecular flexibility index (Phi) is 4.20. The molecule has 0 unspecified atom stereocenters. The Morgan fingerprint density at radius 1 is 0.962 bits per heavy atom. The molecule has 1 heterocycles. The van der Waals surface area contributed by atoms with Crippen molar-refractivity contribution in [1.82, 2.24) is 0 Å². The van der Waals surface area contributed by atoms with E-state index in [0.717, 1.165) is 17.7 Å². The van der Waals surface area contributed by atoms with Crippen LogP contribution in [0.1, 0.15) is 46.4 Å². The summed E-state index contributed by atoms with van der Waals surface area (Å²) in [6.45, 7) is 0. The van der Waals surface area contributed by atoms with Gasteiger partial charge in [-0.1, -0.05) is 12.1 Å². The third kappa shape index (κ3) is 2.86. The minimum Gasteiger partial charge on any atom is -0.393 e. The number of amides is 2. The van der Waals surface area contributed by atoms with Gasteiger partial charge in [-0.2, -0.15) is 0 Å². The molecule has 0 saturated heterocycles. The number of benzene rings is 2. The Hall–Kier alpha value is -2.73. The van der Waals surface area contributed by atoms with E-state index in [0.29, 0.717) is 29.7 Å². The molecule has 1 saturated carbocycles. The van der Waals surface area contributed by atoms with Crippen LogP contribution in [-0.4, -0.2) is 29.1 Å². The standard InChI is InChI=1S/C20H19FN2O3/c21-12-5-10-17(22-13-6-8-14(24)9-7-13)18(11-12)23-19(25)15-3-1-2-4-16(15)20(23)26/h1-5,10-11,13-14,22,24H,6-9H2. The van der Waals surface area contributed by atoms with Crippen molar-refractivity contribution in [2.75, 3.05) is 10.2 Å². The van der Waals surface area contributed by atoms with Crippen LogP contribution in [0.15, 0.2) is 42.5 Å². The molecule has 0 bridgehead atoms. The number of hydrogen-bond acceptors (Lipinski definition) is 4. The summed E-state index contributed by atoms with van der Waals surface area (Å²) in [6.07, 6.45) is 2.67.